The van der Waals surface area contributed by atoms with Crippen molar-refractivity contribution in [2.75, 3.05) is 26.2 Å². The molecular weight excluding hydrogens is 232 g/mol. The van der Waals surface area contributed by atoms with Gasteiger partial charge in [-0.1, -0.05) is 12.2 Å². The average molecular weight is 250 g/mol. The fraction of sp³-hybridized carbons (Fsp3) is 0.692. The molecule has 2 aliphatic carbocycles. The van der Waals surface area contributed by atoms with E-state index in [2.05, 4.69) is 17.5 Å². The molecule has 1 saturated carbocycles. The van der Waals surface area contributed by atoms with E-state index in [1.54, 1.807) is 0 Å². The van der Waals surface area contributed by atoms with Crippen molar-refractivity contribution in [3.05, 3.63) is 12.2 Å². The molecule has 5 heteroatoms. The van der Waals surface area contributed by atoms with Crippen LogP contribution in [0, 0.1) is 23.7 Å². The highest BCUT2D eigenvalue weighted by Gasteiger charge is 2.58. The molecule has 18 heavy (non-hydrogen) atoms. The minimum absolute atomic E-state index is 0.00708. The Labute approximate surface area is 106 Å². The highest BCUT2D eigenvalue weighted by Crippen LogP contribution is 2.52. The van der Waals surface area contributed by atoms with Crippen LogP contribution < -0.4 is 5.32 Å². The summed E-state index contributed by atoms with van der Waals surface area (Å²) in [6, 6.07) is 0. The first-order valence-electron chi connectivity index (χ1n) is 6.59. The number of aliphatic hydroxyl groups is 1. The third kappa shape index (κ3) is 1.61. The summed E-state index contributed by atoms with van der Waals surface area (Å²) in [7, 11) is 0. The summed E-state index contributed by atoms with van der Waals surface area (Å²) in [5.41, 5.74) is 0. The second-order valence-electron chi connectivity index (χ2n) is 5.30. The van der Waals surface area contributed by atoms with E-state index in [1.165, 1.54) is 4.90 Å². The second-order valence-corrected chi connectivity index (χ2v) is 5.30. The van der Waals surface area contributed by atoms with Gasteiger partial charge in [-0.25, -0.2) is 0 Å². The van der Waals surface area contributed by atoms with E-state index < -0.39 is 0 Å². The van der Waals surface area contributed by atoms with Crippen LogP contribution in [0.3, 0.4) is 0 Å². The molecule has 1 saturated heterocycles. The van der Waals surface area contributed by atoms with Crippen LogP contribution in [0.5, 0.6) is 0 Å². The molecule has 98 valence electrons. The Balaban J connectivity index is 1.65. The van der Waals surface area contributed by atoms with E-state index in [9.17, 15) is 9.59 Å². The third-order valence-electron chi connectivity index (χ3n) is 4.36. The predicted octanol–water partition coefficient (Wildman–Crippen LogP) is -0.625. The van der Waals surface area contributed by atoms with E-state index >= 15 is 0 Å². The molecular formula is C13H18N2O3. The molecule has 2 N–H and O–H groups in total. The number of hydrogen-bond donors (Lipinski definition) is 2. The lowest BCUT2D eigenvalue weighted by molar-refractivity contribution is -0.140. The monoisotopic (exact) mass is 250 g/mol. The Morgan fingerprint density at radius 2 is 1.78 bits per heavy atom. The van der Waals surface area contributed by atoms with Crippen molar-refractivity contribution < 1.29 is 14.7 Å². The number of rotatable bonds is 5. The van der Waals surface area contributed by atoms with E-state index in [0.717, 1.165) is 6.42 Å². The van der Waals surface area contributed by atoms with Crippen LogP contribution in [0.4, 0.5) is 0 Å². The zero-order valence-corrected chi connectivity index (χ0v) is 10.2. The maximum atomic E-state index is 12.2. The van der Waals surface area contributed by atoms with E-state index in [0.29, 0.717) is 19.6 Å². The molecule has 0 spiro atoms. The summed E-state index contributed by atoms with van der Waals surface area (Å²) in [4.78, 5) is 25.9. The zero-order valence-electron chi connectivity index (χ0n) is 10.2. The van der Waals surface area contributed by atoms with Crippen LogP contribution in [0.15, 0.2) is 12.2 Å². The van der Waals surface area contributed by atoms with Crippen LogP contribution in [-0.2, 0) is 9.59 Å². The molecule has 0 aromatic rings. The number of imide groups is 1. The fourth-order valence-corrected chi connectivity index (χ4v) is 3.58. The lowest BCUT2D eigenvalue weighted by Gasteiger charge is -2.17. The van der Waals surface area contributed by atoms with Crippen molar-refractivity contribution in [2.24, 2.45) is 23.7 Å². The van der Waals surface area contributed by atoms with Crippen molar-refractivity contribution in [1.29, 1.82) is 0 Å². The van der Waals surface area contributed by atoms with E-state index in [-0.39, 0.29) is 42.1 Å². The van der Waals surface area contributed by atoms with Crippen molar-refractivity contribution in [1.82, 2.24) is 10.2 Å². The maximum Gasteiger partial charge on any atom is 0.233 e. The molecule has 3 rings (SSSR count). The van der Waals surface area contributed by atoms with Crippen LogP contribution in [0.25, 0.3) is 0 Å². The molecule has 0 unspecified atom stereocenters. The van der Waals surface area contributed by atoms with Gasteiger partial charge in [-0.3, -0.25) is 14.5 Å². The fourth-order valence-electron chi connectivity index (χ4n) is 3.58. The predicted molar refractivity (Wildman–Crippen MR) is 64.4 cm³/mol. The molecule has 0 aromatic carbocycles. The van der Waals surface area contributed by atoms with Gasteiger partial charge in [-0.15, -0.1) is 0 Å². The van der Waals surface area contributed by atoms with Gasteiger partial charge in [0, 0.05) is 19.6 Å². The van der Waals surface area contributed by atoms with Gasteiger partial charge >= 0.3 is 0 Å². The standard InChI is InChI=1S/C13H18N2O3/c16-6-4-14-3-5-15-12(17)10-8-1-2-9(7-8)11(10)13(15)18/h1-2,8-11,14,16H,3-7H2/t8-,9+,10+,11-. The normalized spacial score (nSPS) is 36.8. The summed E-state index contributed by atoms with van der Waals surface area (Å²) in [6.07, 6.45) is 5.18. The molecule has 0 radical (unpaired) electrons. The van der Waals surface area contributed by atoms with Gasteiger partial charge < -0.3 is 10.4 Å². The topological polar surface area (TPSA) is 69.6 Å². The molecule has 3 aliphatic rings. The first-order chi connectivity index (χ1) is 8.74. The van der Waals surface area contributed by atoms with Crippen molar-refractivity contribution in [2.45, 2.75) is 6.42 Å². The van der Waals surface area contributed by atoms with Gasteiger partial charge in [-0.2, -0.15) is 0 Å². The number of nitrogens with zero attached hydrogens (tertiary/aromatic N) is 1. The number of fused-ring (bicyclic) bond motifs is 5. The Morgan fingerprint density at radius 3 is 2.33 bits per heavy atom. The highest BCUT2D eigenvalue weighted by molar-refractivity contribution is 6.06. The summed E-state index contributed by atoms with van der Waals surface area (Å²) >= 11 is 0. The minimum Gasteiger partial charge on any atom is -0.395 e. The quantitative estimate of drug-likeness (QED) is 0.387. The van der Waals surface area contributed by atoms with E-state index in [1.807, 2.05) is 0 Å². The number of nitrogens with one attached hydrogen (secondary N) is 1. The Morgan fingerprint density at radius 1 is 1.17 bits per heavy atom. The summed E-state index contributed by atoms with van der Waals surface area (Å²) in [6.45, 7) is 1.54. The van der Waals surface area contributed by atoms with Crippen molar-refractivity contribution in [3.8, 4) is 0 Å². The molecule has 5 nitrogen and oxygen atoms in total. The number of carbonyl (C=O) groups is 2. The summed E-state index contributed by atoms with van der Waals surface area (Å²) < 4.78 is 0. The van der Waals surface area contributed by atoms with Crippen LogP contribution >= 0.6 is 0 Å². The average Bonchev–Trinajstić information content (AvgIpc) is 3.02. The Kier molecular flexibility index (Phi) is 2.95. The van der Waals surface area contributed by atoms with Gasteiger partial charge in [0.15, 0.2) is 0 Å². The number of carbonyl (C=O) groups excluding carboxylic acids is 2. The smallest absolute Gasteiger partial charge is 0.233 e. The zero-order chi connectivity index (χ0) is 12.7. The van der Waals surface area contributed by atoms with Crippen molar-refractivity contribution >= 4 is 11.8 Å². The van der Waals surface area contributed by atoms with Gasteiger partial charge in [-0.05, 0) is 18.3 Å². The van der Waals surface area contributed by atoms with E-state index in [4.69, 9.17) is 5.11 Å². The Bertz CT molecular complexity index is 377. The number of likely N-dealkylation sites (tertiary alicyclic amines) is 1. The lowest BCUT2D eigenvalue weighted by Crippen LogP contribution is -2.38. The molecule has 4 atom stereocenters. The lowest BCUT2D eigenvalue weighted by atomic mass is 9.85. The second kappa shape index (κ2) is 4.48. The SMILES string of the molecule is O=C1[C@@H]2[C@H](C(=O)N1CCNCCO)[C@H]1C=C[C@@H]2C1. The molecule has 1 heterocycles. The Hall–Kier alpha value is -1.20. The summed E-state index contributed by atoms with van der Waals surface area (Å²) in [5, 5.41) is 11.6. The molecule has 2 fully saturated rings. The molecule has 1 aliphatic heterocycles. The molecule has 2 bridgehead atoms. The van der Waals surface area contributed by atoms with Crippen LogP contribution in [0.1, 0.15) is 6.42 Å². The van der Waals surface area contributed by atoms with Crippen molar-refractivity contribution in [3.63, 3.8) is 0 Å². The van der Waals surface area contributed by atoms with Gasteiger partial charge in [0.05, 0.1) is 18.4 Å². The van der Waals surface area contributed by atoms with Gasteiger partial charge in [0.1, 0.15) is 0 Å². The first kappa shape index (κ1) is 11.9. The minimum atomic E-state index is -0.0923. The van der Waals surface area contributed by atoms with Crippen LogP contribution in [0.2, 0.25) is 0 Å². The van der Waals surface area contributed by atoms with Gasteiger partial charge in [0.25, 0.3) is 0 Å². The van der Waals surface area contributed by atoms with Crippen LogP contribution in [-0.4, -0.2) is 48.1 Å². The molecule has 0 aromatic heterocycles. The number of amides is 2. The number of aliphatic hydroxyl groups excluding tert-OH is 1. The van der Waals surface area contributed by atoms with Gasteiger partial charge in [0.2, 0.25) is 11.8 Å². The maximum absolute atomic E-state index is 12.2. The third-order valence-corrected chi connectivity index (χ3v) is 4.36. The largest absolute Gasteiger partial charge is 0.395 e. The number of allylic oxidation sites excluding steroid dienone is 2. The number of hydrogen-bond acceptors (Lipinski definition) is 4. The first-order valence-corrected chi connectivity index (χ1v) is 6.59. The molecule has 2 amide bonds. The highest BCUT2D eigenvalue weighted by atomic mass is 16.3. The summed E-state index contributed by atoms with van der Waals surface area (Å²) in [5.74, 6) is 0.398.